The number of hydrogen-bond donors (Lipinski definition) is 2. The minimum atomic E-state index is -3.79. The lowest BCUT2D eigenvalue weighted by molar-refractivity contribution is -0.138. The van der Waals surface area contributed by atoms with E-state index in [4.69, 9.17) is 9.84 Å². The third-order valence-electron chi connectivity index (χ3n) is 4.83. The fourth-order valence-corrected chi connectivity index (χ4v) is 4.78. The Bertz CT molecular complexity index is 972. The topological polar surface area (TPSA) is 147 Å². The van der Waals surface area contributed by atoms with E-state index in [1.807, 2.05) is 0 Å². The van der Waals surface area contributed by atoms with Gasteiger partial charge in [0.1, 0.15) is 6.04 Å². The third-order valence-corrected chi connectivity index (χ3v) is 6.59. The fraction of sp³-hybridized carbons (Fsp3) is 0.444. The van der Waals surface area contributed by atoms with Gasteiger partial charge in [-0.3, -0.25) is 24.5 Å². The summed E-state index contributed by atoms with van der Waals surface area (Å²) in [5.41, 5.74) is 0.523. The minimum absolute atomic E-state index is 0.0139. The number of piperidine rings is 1. The summed E-state index contributed by atoms with van der Waals surface area (Å²) >= 11 is 0. The largest absolute Gasteiger partial charge is 0.481 e. The Morgan fingerprint density at radius 1 is 1.24 bits per heavy atom. The van der Waals surface area contributed by atoms with Crippen LogP contribution in [0.25, 0.3) is 0 Å². The molecule has 2 heterocycles. The van der Waals surface area contributed by atoms with Crippen molar-refractivity contribution in [2.75, 3.05) is 19.0 Å². The summed E-state index contributed by atoms with van der Waals surface area (Å²) in [6.45, 7) is -0.320. The summed E-state index contributed by atoms with van der Waals surface area (Å²) in [4.78, 5) is 47.9. The van der Waals surface area contributed by atoms with Gasteiger partial charge in [0.05, 0.1) is 30.3 Å². The molecule has 11 heteroatoms. The number of amides is 3. The van der Waals surface area contributed by atoms with Crippen LogP contribution in [0.2, 0.25) is 0 Å². The van der Waals surface area contributed by atoms with Crippen molar-refractivity contribution in [3.63, 3.8) is 0 Å². The molecule has 0 radical (unpaired) electrons. The van der Waals surface area contributed by atoms with Crippen molar-refractivity contribution in [2.45, 2.75) is 36.7 Å². The molecule has 2 aliphatic rings. The van der Waals surface area contributed by atoms with E-state index in [-0.39, 0.29) is 55.2 Å². The van der Waals surface area contributed by atoms with Crippen molar-refractivity contribution in [1.82, 2.24) is 10.2 Å². The molecule has 1 unspecified atom stereocenters. The Kier molecular flexibility index (Phi) is 5.99. The normalized spacial score (nSPS) is 19.2. The van der Waals surface area contributed by atoms with Crippen LogP contribution in [0.3, 0.4) is 0 Å². The molecule has 0 spiro atoms. The number of ether oxygens (including phenoxy) is 1. The molecule has 0 saturated carbocycles. The minimum Gasteiger partial charge on any atom is -0.481 e. The van der Waals surface area contributed by atoms with Crippen LogP contribution in [0.1, 0.15) is 35.2 Å². The van der Waals surface area contributed by atoms with Gasteiger partial charge in [-0.05, 0) is 18.6 Å². The monoisotopic (exact) mass is 424 g/mol. The van der Waals surface area contributed by atoms with Crippen LogP contribution >= 0.6 is 0 Å². The van der Waals surface area contributed by atoms with E-state index >= 15 is 0 Å². The Morgan fingerprint density at radius 3 is 2.69 bits per heavy atom. The first-order valence-corrected chi connectivity index (χ1v) is 10.6. The average Bonchev–Trinajstić information content (AvgIpc) is 2.98. The predicted octanol–water partition coefficient (Wildman–Crippen LogP) is -0.287. The van der Waals surface area contributed by atoms with Gasteiger partial charge in [-0.25, -0.2) is 8.42 Å². The molecule has 1 atom stereocenters. The molecule has 2 aliphatic heterocycles. The molecule has 3 amide bonds. The van der Waals surface area contributed by atoms with Gasteiger partial charge < -0.3 is 14.7 Å². The lowest BCUT2D eigenvalue weighted by Crippen LogP contribution is -2.52. The van der Waals surface area contributed by atoms with Crippen LogP contribution in [0.4, 0.5) is 0 Å². The van der Waals surface area contributed by atoms with E-state index in [0.29, 0.717) is 5.56 Å². The maximum Gasteiger partial charge on any atom is 0.305 e. The number of hydrogen-bond acceptors (Lipinski definition) is 7. The van der Waals surface area contributed by atoms with E-state index in [1.54, 1.807) is 0 Å². The molecular formula is C18H20N2O8S. The molecule has 0 aromatic heterocycles. The van der Waals surface area contributed by atoms with Gasteiger partial charge in [0.25, 0.3) is 5.91 Å². The maximum atomic E-state index is 12.8. The second-order valence-corrected chi connectivity index (χ2v) is 8.83. The number of carboxylic acid groups (broad SMARTS) is 1. The van der Waals surface area contributed by atoms with Crippen molar-refractivity contribution in [3.05, 3.63) is 29.3 Å². The lowest BCUT2D eigenvalue weighted by Gasteiger charge is -2.29. The summed E-state index contributed by atoms with van der Waals surface area (Å²) in [5.74, 6) is -2.83. The van der Waals surface area contributed by atoms with Gasteiger partial charge in [0.2, 0.25) is 11.8 Å². The summed E-state index contributed by atoms with van der Waals surface area (Å²) in [6, 6.07) is 3.53. The van der Waals surface area contributed by atoms with Gasteiger partial charge in [0, 0.05) is 24.1 Å². The number of carbonyl (C=O) groups excluding carboxylic acids is 3. The number of fused-ring (bicyclic) bond motifs is 1. The highest BCUT2D eigenvalue weighted by Crippen LogP contribution is 2.32. The molecule has 0 bridgehead atoms. The van der Waals surface area contributed by atoms with Crippen LogP contribution in [0.15, 0.2) is 23.1 Å². The van der Waals surface area contributed by atoms with Crippen LogP contribution in [0, 0.1) is 0 Å². The maximum absolute atomic E-state index is 12.8. The molecule has 3 rings (SSSR count). The van der Waals surface area contributed by atoms with E-state index < -0.39 is 39.6 Å². The predicted molar refractivity (Wildman–Crippen MR) is 97.6 cm³/mol. The van der Waals surface area contributed by atoms with E-state index in [1.165, 1.54) is 23.1 Å². The van der Waals surface area contributed by atoms with E-state index in [9.17, 15) is 27.6 Å². The van der Waals surface area contributed by atoms with Gasteiger partial charge in [-0.2, -0.15) is 0 Å². The zero-order valence-electron chi connectivity index (χ0n) is 15.4. The Morgan fingerprint density at radius 2 is 2.00 bits per heavy atom. The number of nitrogens with one attached hydrogen (secondary N) is 1. The number of benzene rings is 1. The number of nitrogens with zero attached hydrogens (tertiary/aromatic N) is 1. The van der Waals surface area contributed by atoms with Crippen molar-refractivity contribution in [2.24, 2.45) is 0 Å². The Hall–Kier alpha value is -2.79. The molecule has 10 nitrogen and oxygen atoms in total. The van der Waals surface area contributed by atoms with Crippen molar-refractivity contribution < 1.29 is 37.4 Å². The van der Waals surface area contributed by atoms with Crippen molar-refractivity contribution >= 4 is 33.5 Å². The zero-order chi connectivity index (χ0) is 21.2. The van der Waals surface area contributed by atoms with E-state index in [0.717, 1.165) is 0 Å². The number of aliphatic carboxylic acids is 1. The molecule has 0 aliphatic carbocycles. The average molecular weight is 424 g/mol. The van der Waals surface area contributed by atoms with Gasteiger partial charge in [0.15, 0.2) is 9.84 Å². The quantitative estimate of drug-likeness (QED) is 0.427. The van der Waals surface area contributed by atoms with Crippen LogP contribution < -0.4 is 5.32 Å². The summed E-state index contributed by atoms with van der Waals surface area (Å²) in [5, 5.41) is 10.8. The molecule has 156 valence electrons. The van der Waals surface area contributed by atoms with Crippen molar-refractivity contribution in [3.8, 4) is 0 Å². The number of carbonyl (C=O) groups is 4. The fourth-order valence-electron chi connectivity index (χ4n) is 3.39. The number of rotatable bonds is 8. The van der Waals surface area contributed by atoms with Crippen molar-refractivity contribution in [1.29, 1.82) is 0 Å². The molecule has 1 fully saturated rings. The standard InChI is InChI=1S/C18H20N2O8S/c21-15-5-4-13(17(24)19-15)20-10-12-11(18(20)25)2-1-3-14(12)29(26,27)9-8-28-7-6-16(22)23/h1-3,13H,4-10H2,(H,22,23)(H,19,21,24). The van der Waals surface area contributed by atoms with E-state index in [2.05, 4.69) is 5.32 Å². The molecule has 2 N–H and O–H groups in total. The second-order valence-electron chi connectivity index (χ2n) is 6.76. The smallest absolute Gasteiger partial charge is 0.305 e. The SMILES string of the molecule is O=C(O)CCOCCS(=O)(=O)c1cccc2c1CN(C1CCC(=O)NC1=O)C2=O. The highest BCUT2D eigenvalue weighted by molar-refractivity contribution is 7.91. The highest BCUT2D eigenvalue weighted by Gasteiger charge is 2.40. The van der Waals surface area contributed by atoms with Crippen LogP contribution in [-0.4, -0.2) is 67.1 Å². The molecule has 29 heavy (non-hydrogen) atoms. The molecule has 1 aromatic rings. The lowest BCUT2D eigenvalue weighted by atomic mass is 10.0. The Balaban J connectivity index is 1.75. The highest BCUT2D eigenvalue weighted by atomic mass is 32.2. The summed E-state index contributed by atoms with van der Waals surface area (Å²) in [7, 11) is -3.79. The summed E-state index contributed by atoms with van der Waals surface area (Å²) in [6.07, 6.45) is 0.0649. The first-order chi connectivity index (χ1) is 13.7. The Labute approximate surface area is 166 Å². The number of imide groups is 1. The second kappa shape index (κ2) is 8.29. The summed E-state index contributed by atoms with van der Waals surface area (Å²) < 4.78 is 30.5. The number of carboxylic acids is 1. The van der Waals surface area contributed by atoms with Gasteiger partial charge in [-0.1, -0.05) is 6.07 Å². The number of sulfone groups is 1. The van der Waals surface area contributed by atoms with Gasteiger partial charge >= 0.3 is 5.97 Å². The first-order valence-electron chi connectivity index (χ1n) is 8.99. The van der Waals surface area contributed by atoms with Gasteiger partial charge in [-0.15, -0.1) is 0 Å². The van der Waals surface area contributed by atoms with Crippen LogP contribution in [-0.2, 0) is 35.5 Å². The third kappa shape index (κ3) is 4.46. The first kappa shape index (κ1) is 20.9. The van der Waals surface area contributed by atoms with Crippen LogP contribution in [0.5, 0.6) is 0 Å². The molecular weight excluding hydrogens is 404 g/mol. The molecule has 1 aromatic carbocycles. The molecule has 1 saturated heterocycles. The zero-order valence-corrected chi connectivity index (χ0v) is 16.2.